The number of hydrogen-bond acceptors (Lipinski definition) is 3. The zero-order valence-corrected chi connectivity index (χ0v) is 15.9. The molecule has 4 aliphatic carbocycles. The Morgan fingerprint density at radius 2 is 2.00 bits per heavy atom. The van der Waals surface area contributed by atoms with E-state index in [0.29, 0.717) is 23.7 Å². The zero-order chi connectivity index (χ0) is 18.0. The predicted molar refractivity (Wildman–Crippen MR) is 96.7 cm³/mol. The van der Waals surface area contributed by atoms with E-state index in [2.05, 4.69) is 26.8 Å². The summed E-state index contributed by atoms with van der Waals surface area (Å²) in [6.07, 6.45) is 11.6. The molecule has 0 aliphatic heterocycles. The van der Waals surface area contributed by atoms with Gasteiger partial charge in [-0.05, 0) is 67.9 Å². The van der Waals surface area contributed by atoms with E-state index in [9.17, 15) is 9.59 Å². The molecule has 0 radical (unpaired) electrons. The maximum Gasteiger partial charge on any atom is 0.302 e. The summed E-state index contributed by atoms with van der Waals surface area (Å²) < 4.78 is 5.81. The molecule has 136 valence electrons. The first-order valence-corrected chi connectivity index (χ1v) is 9.87. The highest BCUT2D eigenvalue weighted by Crippen LogP contribution is 2.65. The van der Waals surface area contributed by atoms with Crippen molar-refractivity contribution >= 4 is 11.8 Å². The highest BCUT2D eigenvalue weighted by Gasteiger charge is 2.61. The number of hydrogen-bond donors (Lipinski definition) is 0. The second-order valence-corrected chi connectivity index (χ2v) is 9.39. The molecule has 0 N–H and O–H groups in total. The summed E-state index contributed by atoms with van der Waals surface area (Å²) in [6, 6.07) is 0. The van der Waals surface area contributed by atoms with Crippen molar-refractivity contribution < 1.29 is 14.3 Å². The van der Waals surface area contributed by atoms with Gasteiger partial charge in [0.15, 0.2) is 5.78 Å². The second-order valence-electron chi connectivity index (χ2n) is 9.39. The van der Waals surface area contributed by atoms with Gasteiger partial charge in [-0.3, -0.25) is 9.59 Å². The van der Waals surface area contributed by atoms with E-state index in [1.807, 2.05) is 6.08 Å². The summed E-state index contributed by atoms with van der Waals surface area (Å²) in [4.78, 5) is 23.5. The standard InChI is InChI=1S/C22H30O3/c1-13-11-19-17-6-5-15-12-16(24)7-9-21(15,3)18(17)8-10-22(19,4)20(13)25-14(2)23/h7,9,12-13,17-20H,5-6,8,10-11H2,1-4H3/t13-,17-,18+,19+,20-,21+,22+/m1/s1. The summed E-state index contributed by atoms with van der Waals surface area (Å²) >= 11 is 0. The molecule has 0 spiro atoms. The largest absolute Gasteiger partial charge is 0.462 e. The molecule has 3 nitrogen and oxygen atoms in total. The maximum atomic E-state index is 11.8. The minimum Gasteiger partial charge on any atom is -0.462 e. The van der Waals surface area contributed by atoms with E-state index in [4.69, 9.17) is 4.74 Å². The van der Waals surface area contributed by atoms with Crippen molar-refractivity contribution in [3.63, 3.8) is 0 Å². The zero-order valence-electron chi connectivity index (χ0n) is 15.9. The first kappa shape index (κ1) is 17.1. The van der Waals surface area contributed by atoms with Crippen LogP contribution in [0.4, 0.5) is 0 Å². The van der Waals surface area contributed by atoms with Crippen LogP contribution in [0, 0.1) is 34.5 Å². The normalized spacial score (nSPS) is 48.2. The van der Waals surface area contributed by atoms with E-state index < -0.39 is 0 Å². The van der Waals surface area contributed by atoms with Crippen LogP contribution >= 0.6 is 0 Å². The number of fused-ring (bicyclic) bond motifs is 5. The number of ketones is 1. The summed E-state index contributed by atoms with van der Waals surface area (Å²) in [5.41, 5.74) is 1.49. The molecule has 0 aromatic rings. The molecule has 3 saturated carbocycles. The number of allylic oxidation sites excluding steroid dienone is 4. The fourth-order valence-corrected chi connectivity index (χ4v) is 6.95. The molecule has 3 heteroatoms. The molecule has 0 heterocycles. The first-order chi connectivity index (χ1) is 11.8. The molecule has 0 aromatic heterocycles. The number of ether oxygens (including phenoxy) is 1. The minimum absolute atomic E-state index is 0.0426. The van der Waals surface area contributed by atoms with Crippen LogP contribution in [0.1, 0.15) is 59.8 Å². The van der Waals surface area contributed by atoms with E-state index in [0.717, 1.165) is 25.7 Å². The highest BCUT2D eigenvalue weighted by atomic mass is 16.5. The number of carbonyl (C=O) groups is 2. The molecule has 7 atom stereocenters. The van der Waals surface area contributed by atoms with Crippen LogP contribution in [-0.2, 0) is 14.3 Å². The van der Waals surface area contributed by atoms with Gasteiger partial charge < -0.3 is 4.74 Å². The first-order valence-electron chi connectivity index (χ1n) is 9.87. The van der Waals surface area contributed by atoms with Crippen LogP contribution in [-0.4, -0.2) is 17.9 Å². The van der Waals surface area contributed by atoms with Crippen molar-refractivity contribution in [3.8, 4) is 0 Å². The van der Waals surface area contributed by atoms with Gasteiger partial charge in [0.05, 0.1) is 0 Å². The van der Waals surface area contributed by atoms with Gasteiger partial charge in [-0.25, -0.2) is 0 Å². The Balaban J connectivity index is 1.66. The Kier molecular flexibility index (Phi) is 3.79. The van der Waals surface area contributed by atoms with E-state index in [1.54, 1.807) is 6.08 Å². The molecule has 0 aromatic carbocycles. The summed E-state index contributed by atoms with van der Waals surface area (Å²) in [5.74, 6) is 2.34. The second kappa shape index (κ2) is 5.56. The van der Waals surface area contributed by atoms with Crippen molar-refractivity contribution in [1.82, 2.24) is 0 Å². The van der Waals surface area contributed by atoms with Crippen LogP contribution in [0.5, 0.6) is 0 Å². The van der Waals surface area contributed by atoms with Gasteiger partial charge in [-0.1, -0.05) is 32.4 Å². The van der Waals surface area contributed by atoms with Gasteiger partial charge in [0, 0.05) is 17.8 Å². The minimum atomic E-state index is -0.143. The molecule has 25 heavy (non-hydrogen) atoms. The molecule has 0 bridgehead atoms. The van der Waals surface area contributed by atoms with E-state index in [1.165, 1.54) is 18.9 Å². The van der Waals surface area contributed by atoms with Gasteiger partial charge in [0.2, 0.25) is 0 Å². The summed E-state index contributed by atoms with van der Waals surface area (Å²) in [5, 5.41) is 0. The lowest BCUT2D eigenvalue weighted by Crippen LogP contribution is -2.51. The highest BCUT2D eigenvalue weighted by molar-refractivity contribution is 6.01. The SMILES string of the molecule is CC(=O)O[C@@H]1[C@H](C)C[C@H]2[C@@H]3CCC4=CC(=O)C=C[C@]4(C)[C@H]3CC[C@]12C. The lowest BCUT2D eigenvalue weighted by Gasteiger charge is -2.56. The van der Waals surface area contributed by atoms with Crippen molar-refractivity contribution in [2.24, 2.45) is 34.5 Å². The molecule has 0 unspecified atom stereocenters. The molecule has 0 amide bonds. The number of esters is 1. The quantitative estimate of drug-likeness (QED) is 0.660. The maximum absolute atomic E-state index is 11.8. The van der Waals surface area contributed by atoms with Gasteiger partial charge in [-0.2, -0.15) is 0 Å². The molecule has 4 aliphatic rings. The number of rotatable bonds is 1. The van der Waals surface area contributed by atoms with Gasteiger partial charge >= 0.3 is 5.97 Å². The van der Waals surface area contributed by atoms with E-state index >= 15 is 0 Å². The fraction of sp³-hybridized carbons (Fsp3) is 0.727. The third-order valence-corrected chi connectivity index (χ3v) is 8.08. The Morgan fingerprint density at radius 3 is 2.72 bits per heavy atom. The summed E-state index contributed by atoms with van der Waals surface area (Å²) in [6.45, 7) is 8.49. The van der Waals surface area contributed by atoms with Gasteiger partial charge in [0.25, 0.3) is 0 Å². The summed E-state index contributed by atoms with van der Waals surface area (Å²) in [7, 11) is 0. The van der Waals surface area contributed by atoms with Crippen LogP contribution in [0.15, 0.2) is 23.8 Å². The Bertz CT molecular complexity index is 675. The third-order valence-electron chi connectivity index (χ3n) is 8.08. The lowest BCUT2D eigenvalue weighted by atomic mass is 9.48. The van der Waals surface area contributed by atoms with Crippen molar-refractivity contribution in [1.29, 1.82) is 0 Å². The fourth-order valence-electron chi connectivity index (χ4n) is 6.95. The lowest BCUT2D eigenvalue weighted by molar-refractivity contribution is -0.159. The molecule has 4 rings (SSSR count). The van der Waals surface area contributed by atoms with Crippen molar-refractivity contribution in [3.05, 3.63) is 23.8 Å². The van der Waals surface area contributed by atoms with Crippen LogP contribution in [0.3, 0.4) is 0 Å². The number of carbonyl (C=O) groups excluding carboxylic acids is 2. The Morgan fingerprint density at radius 1 is 1.24 bits per heavy atom. The van der Waals surface area contributed by atoms with Crippen LogP contribution in [0.2, 0.25) is 0 Å². The van der Waals surface area contributed by atoms with Crippen molar-refractivity contribution in [2.45, 2.75) is 65.9 Å². The predicted octanol–water partition coefficient (Wildman–Crippen LogP) is 4.47. The Labute approximate surface area is 150 Å². The van der Waals surface area contributed by atoms with Gasteiger partial charge in [0.1, 0.15) is 6.10 Å². The Hall–Kier alpha value is -1.38. The average molecular weight is 342 g/mol. The molecule has 0 saturated heterocycles. The molecular weight excluding hydrogens is 312 g/mol. The molecule has 3 fully saturated rings. The topological polar surface area (TPSA) is 43.4 Å². The third kappa shape index (κ3) is 2.38. The average Bonchev–Trinajstić information content (AvgIpc) is 2.79. The van der Waals surface area contributed by atoms with E-state index in [-0.39, 0.29) is 28.7 Å². The molecular formula is C22H30O3. The monoisotopic (exact) mass is 342 g/mol. The van der Waals surface area contributed by atoms with Crippen molar-refractivity contribution in [2.75, 3.05) is 0 Å². The van der Waals surface area contributed by atoms with Crippen LogP contribution < -0.4 is 0 Å². The van der Waals surface area contributed by atoms with Crippen LogP contribution in [0.25, 0.3) is 0 Å². The smallest absolute Gasteiger partial charge is 0.302 e. The van der Waals surface area contributed by atoms with Gasteiger partial charge in [-0.15, -0.1) is 0 Å².